The molecule has 32 heavy (non-hydrogen) atoms. The third kappa shape index (κ3) is 4.01. The van der Waals surface area contributed by atoms with Gasteiger partial charge < -0.3 is 15.2 Å². The summed E-state index contributed by atoms with van der Waals surface area (Å²) in [5.74, 6) is 1.95. The van der Waals surface area contributed by atoms with Crippen molar-refractivity contribution >= 4 is 0 Å². The molecule has 0 aliphatic carbocycles. The Morgan fingerprint density at radius 2 is 1.53 bits per heavy atom. The predicted molar refractivity (Wildman–Crippen MR) is 128 cm³/mol. The molecule has 4 nitrogen and oxygen atoms in total. The van der Waals surface area contributed by atoms with E-state index in [-0.39, 0.29) is 5.75 Å². The highest BCUT2D eigenvalue weighted by molar-refractivity contribution is 5.44. The Balaban J connectivity index is 1.50. The van der Waals surface area contributed by atoms with Crippen LogP contribution in [-0.2, 0) is 6.54 Å². The first-order valence-electron chi connectivity index (χ1n) is 11.7. The molecule has 0 radical (unpaired) electrons. The predicted octanol–water partition coefficient (Wildman–Crippen LogP) is 4.79. The fourth-order valence-corrected chi connectivity index (χ4v) is 5.84. The van der Waals surface area contributed by atoms with Crippen LogP contribution < -0.4 is 10.1 Å². The fourth-order valence-electron chi connectivity index (χ4n) is 5.84. The summed E-state index contributed by atoms with van der Waals surface area (Å²) >= 11 is 0. The third-order valence-electron chi connectivity index (χ3n) is 7.37. The van der Waals surface area contributed by atoms with E-state index in [4.69, 9.17) is 4.74 Å². The van der Waals surface area contributed by atoms with Gasteiger partial charge in [0.1, 0.15) is 11.5 Å². The van der Waals surface area contributed by atoms with Crippen LogP contribution in [0.4, 0.5) is 0 Å². The number of nitrogens with one attached hydrogen (secondary N) is 1. The number of aromatic hydroxyl groups is 1. The van der Waals surface area contributed by atoms with E-state index in [0.29, 0.717) is 30.5 Å². The first-order chi connectivity index (χ1) is 15.8. The lowest BCUT2D eigenvalue weighted by Gasteiger charge is -2.54. The molecule has 0 saturated carbocycles. The quantitative estimate of drug-likeness (QED) is 0.568. The van der Waals surface area contributed by atoms with Gasteiger partial charge in [-0.3, -0.25) is 4.90 Å². The van der Waals surface area contributed by atoms with Crippen molar-refractivity contribution in [3.63, 3.8) is 0 Å². The molecule has 0 amide bonds. The van der Waals surface area contributed by atoms with Crippen LogP contribution in [-0.4, -0.2) is 42.3 Å². The second-order valence-corrected chi connectivity index (χ2v) is 9.03. The topological polar surface area (TPSA) is 44.7 Å². The van der Waals surface area contributed by atoms with E-state index in [1.807, 2.05) is 12.1 Å². The van der Waals surface area contributed by atoms with Crippen molar-refractivity contribution in [2.75, 3.05) is 20.2 Å². The Labute approximate surface area is 190 Å². The highest BCUT2D eigenvalue weighted by atomic mass is 16.5. The average Bonchev–Trinajstić information content (AvgIpc) is 2.86. The maximum absolute atomic E-state index is 10.5. The highest BCUT2D eigenvalue weighted by Gasteiger charge is 2.46. The van der Waals surface area contributed by atoms with Gasteiger partial charge in [-0.25, -0.2) is 0 Å². The van der Waals surface area contributed by atoms with Crippen LogP contribution in [0.15, 0.2) is 78.9 Å². The summed E-state index contributed by atoms with van der Waals surface area (Å²) in [4.78, 5) is 2.68. The highest BCUT2D eigenvalue weighted by Crippen LogP contribution is 2.42. The van der Waals surface area contributed by atoms with E-state index < -0.39 is 0 Å². The Bertz CT molecular complexity index is 977. The van der Waals surface area contributed by atoms with E-state index in [2.05, 4.69) is 70.9 Å². The third-order valence-corrected chi connectivity index (χ3v) is 7.37. The summed E-state index contributed by atoms with van der Waals surface area (Å²) < 4.78 is 5.53. The molecule has 3 aliphatic heterocycles. The van der Waals surface area contributed by atoms with Crippen molar-refractivity contribution < 1.29 is 9.84 Å². The molecular weight excluding hydrogens is 396 g/mol. The molecule has 3 heterocycles. The second-order valence-electron chi connectivity index (χ2n) is 9.03. The summed E-state index contributed by atoms with van der Waals surface area (Å²) in [5.41, 5.74) is 3.56. The van der Waals surface area contributed by atoms with Gasteiger partial charge in [0.15, 0.2) is 0 Å². The lowest BCUT2D eigenvalue weighted by atomic mass is 9.70. The normalized spacial score (nSPS) is 24.6. The van der Waals surface area contributed by atoms with Gasteiger partial charge in [0.2, 0.25) is 0 Å². The minimum absolute atomic E-state index is 0.289. The largest absolute Gasteiger partial charge is 0.507 e. The zero-order valence-electron chi connectivity index (χ0n) is 18.7. The average molecular weight is 429 g/mol. The number of phenols is 1. The van der Waals surface area contributed by atoms with Gasteiger partial charge in [0.05, 0.1) is 7.11 Å². The zero-order valence-corrected chi connectivity index (χ0v) is 18.7. The van der Waals surface area contributed by atoms with E-state index in [1.165, 1.54) is 24.0 Å². The Morgan fingerprint density at radius 1 is 0.906 bits per heavy atom. The zero-order chi connectivity index (χ0) is 21.9. The summed E-state index contributed by atoms with van der Waals surface area (Å²) in [6.07, 6.45) is 2.45. The molecule has 4 heteroatoms. The van der Waals surface area contributed by atoms with Crippen LogP contribution >= 0.6 is 0 Å². The summed E-state index contributed by atoms with van der Waals surface area (Å²) in [7, 11) is 1.66. The molecule has 3 aromatic rings. The van der Waals surface area contributed by atoms with E-state index in [9.17, 15) is 5.11 Å². The number of benzene rings is 3. The van der Waals surface area contributed by atoms with Crippen molar-refractivity contribution in [1.82, 2.24) is 10.2 Å². The fraction of sp³-hybridized carbons (Fsp3) is 0.357. The minimum Gasteiger partial charge on any atom is -0.507 e. The van der Waals surface area contributed by atoms with Gasteiger partial charge in [-0.2, -0.15) is 0 Å². The van der Waals surface area contributed by atoms with Gasteiger partial charge in [-0.05, 0) is 55.1 Å². The molecule has 3 aliphatic rings. The number of hydrogen-bond acceptors (Lipinski definition) is 4. The van der Waals surface area contributed by atoms with Gasteiger partial charge in [0, 0.05) is 30.1 Å². The summed E-state index contributed by atoms with van der Waals surface area (Å²) in [6.45, 7) is 2.91. The molecule has 2 bridgehead atoms. The van der Waals surface area contributed by atoms with Crippen LogP contribution in [0.1, 0.15) is 35.4 Å². The van der Waals surface area contributed by atoms with Gasteiger partial charge in [-0.1, -0.05) is 66.7 Å². The second kappa shape index (κ2) is 9.35. The maximum atomic E-state index is 10.5. The molecular formula is C28H32N2O2. The molecule has 0 spiro atoms. The Morgan fingerprint density at radius 3 is 2.12 bits per heavy atom. The van der Waals surface area contributed by atoms with E-state index in [0.717, 1.165) is 24.4 Å². The SMILES string of the molecule is COc1cccc(O)c1CN[C@@H]1C2CCN(CC2)[C@H]1C(c1ccccc1)c1ccccc1. The van der Waals surface area contributed by atoms with Crippen LogP contribution in [0, 0.1) is 5.92 Å². The van der Waals surface area contributed by atoms with E-state index in [1.54, 1.807) is 13.2 Å². The standard InChI is InChI=1S/C28H32N2O2/c1-32-25-14-8-13-24(31)23(25)19-29-27-22-15-17-30(18-16-22)28(27)26(20-9-4-2-5-10-20)21-11-6-3-7-12-21/h2-14,22,26-29,31H,15-19H2,1H3/t27-,28+/m1/s1. The lowest BCUT2D eigenvalue weighted by Crippen LogP contribution is -2.64. The molecule has 6 rings (SSSR count). The molecule has 3 fully saturated rings. The Kier molecular flexibility index (Phi) is 6.15. The monoisotopic (exact) mass is 428 g/mol. The summed E-state index contributed by atoms with van der Waals surface area (Å²) in [5, 5.41) is 14.4. The van der Waals surface area contributed by atoms with Crippen LogP contribution in [0.2, 0.25) is 0 Å². The molecule has 2 atom stereocenters. The summed E-state index contributed by atoms with van der Waals surface area (Å²) in [6, 6.07) is 28.1. The number of rotatable bonds is 7. The van der Waals surface area contributed by atoms with Crippen molar-refractivity contribution in [2.45, 2.75) is 37.4 Å². The van der Waals surface area contributed by atoms with Gasteiger partial charge >= 0.3 is 0 Å². The van der Waals surface area contributed by atoms with Crippen LogP contribution in [0.3, 0.4) is 0 Å². The number of methoxy groups -OCH3 is 1. The first-order valence-corrected chi connectivity index (χ1v) is 11.7. The molecule has 0 unspecified atom stereocenters. The van der Waals surface area contributed by atoms with Crippen molar-refractivity contribution in [3.05, 3.63) is 95.6 Å². The maximum Gasteiger partial charge on any atom is 0.127 e. The molecule has 3 saturated heterocycles. The van der Waals surface area contributed by atoms with Crippen molar-refractivity contribution in [1.29, 1.82) is 0 Å². The number of piperidine rings is 3. The number of ether oxygens (including phenoxy) is 1. The lowest BCUT2D eigenvalue weighted by molar-refractivity contribution is 0.00456. The molecule has 166 valence electrons. The minimum atomic E-state index is 0.289. The van der Waals surface area contributed by atoms with Gasteiger partial charge in [0.25, 0.3) is 0 Å². The Hall–Kier alpha value is -2.82. The number of fused-ring (bicyclic) bond motifs is 3. The number of hydrogen-bond donors (Lipinski definition) is 2. The van der Waals surface area contributed by atoms with Crippen LogP contribution in [0.25, 0.3) is 0 Å². The van der Waals surface area contributed by atoms with E-state index >= 15 is 0 Å². The molecule has 2 N–H and O–H groups in total. The van der Waals surface area contributed by atoms with Gasteiger partial charge in [-0.15, -0.1) is 0 Å². The van der Waals surface area contributed by atoms with Crippen LogP contribution in [0.5, 0.6) is 11.5 Å². The molecule has 3 aromatic carbocycles. The molecule has 0 aromatic heterocycles. The van der Waals surface area contributed by atoms with Crippen molar-refractivity contribution in [2.24, 2.45) is 5.92 Å². The van der Waals surface area contributed by atoms with Crippen molar-refractivity contribution in [3.8, 4) is 11.5 Å². The number of phenolic OH excluding ortho intramolecular Hbond substituents is 1. The first kappa shape index (κ1) is 21.0. The smallest absolute Gasteiger partial charge is 0.127 e. The number of nitrogens with zero attached hydrogens (tertiary/aromatic N) is 1.